The zero-order valence-electron chi connectivity index (χ0n) is 18.5. The van der Waals surface area contributed by atoms with E-state index in [2.05, 4.69) is 6.92 Å². The molecule has 0 radical (unpaired) electrons. The average molecular weight is 437 g/mol. The van der Waals surface area contributed by atoms with Gasteiger partial charge in [0.2, 0.25) is 5.91 Å². The molecule has 2 aromatic rings. The molecule has 5 nitrogen and oxygen atoms in total. The average Bonchev–Trinajstić information content (AvgIpc) is 3.15. The SMILES string of the molecule is CCc1c(C)nc2cc([C@H]3CC[C@H](C(F)(F)F)CC3)nn2c1[C@H]1CCCN(C(C)=O)C1. The molecule has 0 aromatic carbocycles. The van der Waals surface area contributed by atoms with Crippen LogP contribution in [-0.4, -0.2) is 44.7 Å². The van der Waals surface area contributed by atoms with Crippen LogP contribution in [0.5, 0.6) is 0 Å². The number of amides is 1. The third kappa shape index (κ3) is 4.30. The summed E-state index contributed by atoms with van der Waals surface area (Å²) < 4.78 is 41.1. The van der Waals surface area contributed by atoms with E-state index < -0.39 is 12.1 Å². The van der Waals surface area contributed by atoms with Crippen LogP contribution < -0.4 is 0 Å². The largest absolute Gasteiger partial charge is 0.391 e. The first-order valence-electron chi connectivity index (χ1n) is 11.4. The number of aromatic nitrogens is 3. The van der Waals surface area contributed by atoms with Crippen molar-refractivity contribution in [2.45, 2.75) is 83.7 Å². The molecule has 2 aliphatic rings. The van der Waals surface area contributed by atoms with E-state index in [4.69, 9.17) is 10.1 Å². The van der Waals surface area contributed by atoms with Crippen molar-refractivity contribution >= 4 is 11.6 Å². The van der Waals surface area contributed by atoms with Crippen molar-refractivity contribution in [3.05, 3.63) is 28.7 Å². The van der Waals surface area contributed by atoms with Gasteiger partial charge in [-0.25, -0.2) is 9.50 Å². The molecule has 1 aliphatic carbocycles. The predicted molar refractivity (Wildman–Crippen MR) is 112 cm³/mol. The second-order valence-electron chi connectivity index (χ2n) is 9.15. The molecule has 0 N–H and O–H groups in total. The Morgan fingerprint density at radius 2 is 1.87 bits per heavy atom. The van der Waals surface area contributed by atoms with Gasteiger partial charge in [-0.2, -0.15) is 18.3 Å². The molecule has 1 saturated carbocycles. The molecular weight excluding hydrogens is 405 g/mol. The van der Waals surface area contributed by atoms with Gasteiger partial charge in [-0.3, -0.25) is 4.79 Å². The van der Waals surface area contributed by atoms with E-state index in [0.717, 1.165) is 48.5 Å². The maximum atomic E-state index is 13.1. The number of carbonyl (C=O) groups excluding carboxylic acids is 1. The minimum atomic E-state index is -4.10. The summed E-state index contributed by atoms with van der Waals surface area (Å²) in [5, 5.41) is 4.89. The summed E-state index contributed by atoms with van der Waals surface area (Å²) in [5.74, 6) is -0.875. The number of piperidine rings is 1. The van der Waals surface area contributed by atoms with E-state index in [9.17, 15) is 18.0 Å². The molecule has 3 heterocycles. The number of halogens is 3. The Kier molecular flexibility index (Phi) is 6.01. The van der Waals surface area contributed by atoms with Gasteiger partial charge in [-0.15, -0.1) is 0 Å². The first-order chi connectivity index (χ1) is 14.7. The monoisotopic (exact) mass is 436 g/mol. The Balaban J connectivity index is 1.68. The summed E-state index contributed by atoms with van der Waals surface area (Å²) in [6, 6.07) is 1.96. The van der Waals surface area contributed by atoms with Crippen molar-refractivity contribution in [2.24, 2.45) is 5.92 Å². The number of aryl methyl sites for hydroxylation is 1. The molecule has 4 rings (SSSR count). The number of likely N-dealkylation sites (tertiary alicyclic amines) is 1. The fraction of sp³-hybridized carbons (Fsp3) is 0.696. The van der Waals surface area contributed by atoms with Gasteiger partial charge in [0, 0.05) is 43.6 Å². The Morgan fingerprint density at radius 3 is 2.48 bits per heavy atom. The topological polar surface area (TPSA) is 50.5 Å². The Morgan fingerprint density at radius 1 is 1.16 bits per heavy atom. The maximum Gasteiger partial charge on any atom is 0.391 e. The van der Waals surface area contributed by atoms with Gasteiger partial charge >= 0.3 is 6.18 Å². The third-order valence-electron chi connectivity index (χ3n) is 7.18. The second kappa shape index (κ2) is 8.43. The summed E-state index contributed by atoms with van der Waals surface area (Å²) in [5.41, 5.74) is 4.86. The number of alkyl halides is 3. The van der Waals surface area contributed by atoms with Crippen LogP contribution in [0.4, 0.5) is 13.2 Å². The lowest BCUT2D eigenvalue weighted by atomic mass is 9.80. The molecule has 31 heavy (non-hydrogen) atoms. The van der Waals surface area contributed by atoms with Crippen LogP contribution in [0.25, 0.3) is 5.65 Å². The van der Waals surface area contributed by atoms with Gasteiger partial charge in [0.05, 0.1) is 17.3 Å². The first-order valence-corrected chi connectivity index (χ1v) is 11.4. The Bertz CT molecular complexity index is 960. The highest BCUT2D eigenvalue weighted by Crippen LogP contribution is 2.43. The second-order valence-corrected chi connectivity index (χ2v) is 9.15. The molecule has 2 fully saturated rings. The standard InChI is InChI=1S/C23H31F3N4O/c1-4-19-14(2)27-21-12-20(16-7-9-18(10-8-16)23(24,25)26)28-30(21)22(19)17-6-5-11-29(13-17)15(3)31/h12,16-18H,4-11,13H2,1-3H3/t16-,17-,18-/m0/s1. The van der Waals surface area contributed by atoms with Crippen LogP contribution in [0.2, 0.25) is 0 Å². The molecule has 0 spiro atoms. The molecule has 8 heteroatoms. The number of hydrogen-bond donors (Lipinski definition) is 0. The van der Waals surface area contributed by atoms with E-state index >= 15 is 0 Å². The summed E-state index contributed by atoms with van der Waals surface area (Å²) in [4.78, 5) is 18.6. The smallest absolute Gasteiger partial charge is 0.342 e. The minimum absolute atomic E-state index is 0.0404. The lowest BCUT2D eigenvalue weighted by Gasteiger charge is -2.33. The molecule has 2 aromatic heterocycles. The van der Waals surface area contributed by atoms with Crippen LogP contribution in [0.3, 0.4) is 0 Å². The predicted octanol–water partition coefficient (Wildman–Crippen LogP) is 5.16. The molecule has 1 aliphatic heterocycles. The van der Waals surface area contributed by atoms with Crippen molar-refractivity contribution in [1.82, 2.24) is 19.5 Å². The number of hydrogen-bond acceptors (Lipinski definition) is 3. The van der Waals surface area contributed by atoms with Crippen molar-refractivity contribution in [3.63, 3.8) is 0 Å². The lowest BCUT2D eigenvalue weighted by molar-refractivity contribution is -0.182. The van der Waals surface area contributed by atoms with Crippen LogP contribution >= 0.6 is 0 Å². The quantitative estimate of drug-likeness (QED) is 0.668. The number of fused-ring (bicyclic) bond motifs is 1. The van der Waals surface area contributed by atoms with Gasteiger partial charge in [0.25, 0.3) is 0 Å². The normalized spacial score (nSPS) is 25.2. The number of nitrogens with zero attached hydrogens (tertiary/aromatic N) is 4. The maximum absolute atomic E-state index is 13.1. The number of rotatable bonds is 3. The van der Waals surface area contributed by atoms with Crippen molar-refractivity contribution in [1.29, 1.82) is 0 Å². The van der Waals surface area contributed by atoms with Crippen LogP contribution in [0.15, 0.2) is 6.07 Å². The molecule has 0 bridgehead atoms. The van der Waals surface area contributed by atoms with E-state index in [1.807, 2.05) is 22.4 Å². The molecule has 170 valence electrons. The summed E-state index contributed by atoms with van der Waals surface area (Å²) >= 11 is 0. The summed E-state index contributed by atoms with van der Waals surface area (Å²) in [6.07, 6.45) is -0.000433. The zero-order chi connectivity index (χ0) is 22.3. The zero-order valence-corrected chi connectivity index (χ0v) is 18.5. The van der Waals surface area contributed by atoms with Gasteiger partial charge in [-0.05, 0) is 57.4 Å². The van der Waals surface area contributed by atoms with Crippen molar-refractivity contribution < 1.29 is 18.0 Å². The molecule has 1 amide bonds. The van der Waals surface area contributed by atoms with Crippen LogP contribution in [0.1, 0.15) is 86.9 Å². The van der Waals surface area contributed by atoms with E-state index in [1.165, 1.54) is 5.56 Å². The molecule has 0 unspecified atom stereocenters. The lowest BCUT2D eigenvalue weighted by Crippen LogP contribution is -2.38. The minimum Gasteiger partial charge on any atom is -0.342 e. The fourth-order valence-electron chi connectivity index (χ4n) is 5.46. The summed E-state index contributed by atoms with van der Waals surface area (Å²) in [7, 11) is 0. The fourth-order valence-corrected chi connectivity index (χ4v) is 5.46. The van der Waals surface area contributed by atoms with Gasteiger partial charge in [0.15, 0.2) is 5.65 Å². The van der Waals surface area contributed by atoms with E-state index in [1.54, 1.807) is 6.92 Å². The number of carbonyl (C=O) groups is 1. The van der Waals surface area contributed by atoms with Crippen LogP contribution in [0, 0.1) is 12.8 Å². The Hall–Kier alpha value is -2.12. The summed E-state index contributed by atoms with van der Waals surface area (Å²) in [6.45, 7) is 7.18. The molecular formula is C23H31F3N4O. The molecule has 1 saturated heterocycles. The first kappa shape index (κ1) is 22.1. The highest BCUT2D eigenvalue weighted by atomic mass is 19.4. The van der Waals surface area contributed by atoms with Gasteiger partial charge in [-0.1, -0.05) is 6.92 Å². The Labute approximate surface area is 181 Å². The molecule has 1 atom stereocenters. The highest BCUT2D eigenvalue weighted by Gasteiger charge is 2.42. The highest BCUT2D eigenvalue weighted by molar-refractivity contribution is 5.73. The van der Waals surface area contributed by atoms with Gasteiger partial charge < -0.3 is 4.90 Å². The van der Waals surface area contributed by atoms with E-state index in [0.29, 0.717) is 19.4 Å². The van der Waals surface area contributed by atoms with Crippen molar-refractivity contribution in [2.75, 3.05) is 13.1 Å². The van der Waals surface area contributed by atoms with Crippen LogP contribution in [-0.2, 0) is 11.2 Å². The van der Waals surface area contributed by atoms with E-state index in [-0.39, 0.29) is 30.6 Å². The third-order valence-corrected chi connectivity index (χ3v) is 7.18. The van der Waals surface area contributed by atoms with Gasteiger partial charge in [0.1, 0.15) is 0 Å². The van der Waals surface area contributed by atoms with Crippen molar-refractivity contribution in [3.8, 4) is 0 Å².